The van der Waals surface area contributed by atoms with Gasteiger partial charge in [0.1, 0.15) is 6.04 Å². The highest BCUT2D eigenvalue weighted by atomic mass is 16.6. The summed E-state index contributed by atoms with van der Waals surface area (Å²) in [5.41, 5.74) is 2.40. The number of hydrogen-bond donors (Lipinski definition) is 1. The van der Waals surface area contributed by atoms with Crippen molar-refractivity contribution in [3.63, 3.8) is 0 Å². The molecule has 1 amide bonds. The summed E-state index contributed by atoms with van der Waals surface area (Å²) in [6, 6.07) is 12.6. The van der Waals surface area contributed by atoms with Gasteiger partial charge in [-0.3, -0.25) is 14.9 Å². The van der Waals surface area contributed by atoms with E-state index < -0.39 is 22.8 Å². The molecule has 0 bridgehead atoms. The minimum Gasteiger partial charge on any atom is -0.467 e. The Bertz CT molecular complexity index is 802. The van der Waals surface area contributed by atoms with Crippen LogP contribution in [0.4, 0.5) is 5.69 Å². The standard InChI is InChI=1S/C19H20N2O5/c1-13-6-8-14(9-7-13)11-17(19(23)26-2)20-18(22)12-15-4-3-5-16(10-15)21(24)25/h3-10,17H,11-12H2,1-2H3,(H,20,22)/t17-/m1/s1. The van der Waals surface area contributed by atoms with Crippen LogP contribution in [0, 0.1) is 17.0 Å². The van der Waals surface area contributed by atoms with E-state index in [0.717, 1.165) is 11.1 Å². The fourth-order valence-electron chi connectivity index (χ4n) is 2.51. The third-order valence-corrected chi connectivity index (χ3v) is 3.87. The smallest absolute Gasteiger partial charge is 0.328 e. The number of benzene rings is 2. The molecule has 0 fully saturated rings. The number of hydrogen-bond acceptors (Lipinski definition) is 5. The number of non-ortho nitro benzene ring substituents is 1. The van der Waals surface area contributed by atoms with Gasteiger partial charge in [0.2, 0.25) is 5.91 Å². The predicted octanol–water partition coefficient (Wildman–Crippen LogP) is 2.35. The molecule has 26 heavy (non-hydrogen) atoms. The van der Waals surface area contributed by atoms with E-state index in [9.17, 15) is 19.7 Å². The molecule has 2 rings (SSSR count). The van der Waals surface area contributed by atoms with Crippen molar-refractivity contribution in [1.82, 2.24) is 5.32 Å². The summed E-state index contributed by atoms with van der Waals surface area (Å²) in [4.78, 5) is 34.6. The Labute approximate surface area is 151 Å². The molecule has 0 aliphatic heterocycles. The number of nitrogens with zero attached hydrogens (tertiary/aromatic N) is 1. The van der Waals surface area contributed by atoms with E-state index in [1.54, 1.807) is 6.07 Å². The number of rotatable bonds is 7. The average molecular weight is 356 g/mol. The SMILES string of the molecule is COC(=O)[C@@H](Cc1ccc(C)cc1)NC(=O)Cc1cccc([N+](=O)[O-])c1. The van der Waals surface area contributed by atoms with Crippen LogP contribution in [0.15, 0.2) is 48.5 Å². The van der Waals surface area contributed by atoms with E-state index in [1.807, 2.05) is 31.2 Å². The quantitative estimate of drug-likeness (QED) is 0.466. The average Bonchev–Trinajstić information content (AvgIpc) is 2.62. The summed E-state index contributed by atoms with van der Waals surface area (Å²) in [5, 5.41) is 13.5. The summed E-state index contributed by atoms with van der Waals surface area (Å²) in [5.74, 6) is -0.953. The Kier molecular flexibility index (Phi) is 6.43. The van der Waals surface area contributed by atoms with Gasteiger partial charge in [-0.05, 0) is 18.1 Å². The van der Waals surface area contributed by atoms with Crippen LogP contribution >= 0.6 is 0 Å². The van der Waals surface area contributed by atoms with Crippen LogP contribution in [0.1, 0.15) is 16.7 Å². The Morgan fingerprint density at radius 3 is 2.46 bits per heavy atom. The number of aryl methyl sites for hydroxylation is 1. The van der Waals surface area contributed by atoms with Gasteiger partial charge in [-0.2, -0.15) is 0 Å². The van der Waals surface area contributed by atoms with Gasteiger partial charge in [-0.25, -0.2) is 4.79 Å². The molecule has 136 valence electrons. The lowest BCUT2D eigenvalue weighted by atomic mass is 10.0. The number of esters is 1. The van der Waals surface area contributed by atoms with Crippen LogP contribution in [0.5, 0.6) is 0 Å². The molecule has 0 aromatic heterocycles. The van der Waals surface area contributed by atoms with E-state index in [4.69, 9.17) is 4.74 Å². The first-order chi connectivity index (χ1) is 12.4. The van der Waals surface area contributed by atoms with Crippen molar-refractivity contribution in [3.8, 4) is 0 Å². The third kappa shape index (κ3) is 5.41. The Morgan fingerprint density at radius 2 is 1.85 bits per heavy atom. The summed E-state index contributed by atoms with van der Waals surface area (Å²) in [6.07, 6.45) is 0.233. The Hall–Kier alpha value is -3.22. The molecule has 0 saturated carbocycles. The van der Waals surface area contributed by atoms with Gasteiger partial charge in [0.25, 0.3) is 5.69 Å². The summed E-state index contributed by atoms with van der Waals surface area (Å²) in [7, 11) is 1.26. The fraction of sp³-hybridized carbons (Fsp3) is 0.263. The highest BCUT2D eigenvalue weighted by Gasteiger charge is 2.22. The minimum atomic E-state index is -0.825. The number of nitrogens with one attached hydrogen (secondary N) is 1. The topological polar surface area (TPSA) is 98.5 Å². The fourth-order valence-corrected chi connectivity index (χ4v) is 2.51. The van der Waals surface area contributed by atoms with E-state index in [2.05, 4.69) is 5.32 Å². The first-order valence-corrected chi connectivity index (χ1v) is 8.05. The Morgan fingerprint density at radius 1 is 1.15 bits per heavy atom. The van der Waals surface area contributed by atoms with Crippen LogP contribution in [0.2, 0.25) is 0 Å². The van der Waals surface area contributed by atoms with Crippen LogP contribution in [-0.4, -0.2) is 30.0 Å². The number of methoxy groups -OCH3 is 1. The number of nitro benzene ring substituents is 1. The van der Waals surface area contributed by atoms with Crippen LogP contribution in [-0.2, 0) is 27.2 Å². The van der Waals surface area contributed by atoms with Gasteiger partial charge in [0.05, 0.1) is 18.5 Å². The van der Waals surface area contributed by atoms with E-state index >= 15 is 0 Å². The molecule has 0 radical (unpaired) electrons. The zero-order chi connectivity index (χ0) is 19.1. The van der Waals surface area contributed by atoms with Gasteiger partial charge in [-0.15, -0.1) is 0 Å². The van der Waals surface area contributed by atoms with E-state index in [1.165, 1.54) is 25.3 Å². The van der Waals surface area contributed by atoms with Gasteiger partial charge in [0, 0.05) is 18.6 Å². The molecule has 0 unspecified atom stereocenters. The molecule has 0 heterocycles. The van der Waals surface area contributed by atoms with Crippen LogP contribution in [0.25, 0.3) is 0 Å². The number of ether oxygens (including phenoxy) is 1. The van der Waals surface area contributed by atoms with Crippen molar-refractivity contribution in [1.29, 1.82) is 0 Å². The third-order valence-electron chi connectivity index (χ3n) is 3.87. The van der Waals surface area contributed by atoms with Crippen molar-refractivity contribution in [3.05, 3.63) is 75.3 Å². The van der Waals surface area contributed by atoms with Crippen molar-refractivity contribution in [2.24, 2.45) is 0 Å². The maximum absolute atomic E-state index is 12.3. The molecule has 7 nitrogen and oxygen atoms in total. The second kappa shape index (κ2) is 8.75. The molecule has 0 spiro atoms. The summed E-state index contributed by atoms with van der Waals surface area (Å²) in [6.45, 7) is 1.96. The highest BCUT2D eigenvalue weighted by Crippen LogP contribution is 2.14. The van der Waals surface area contributed by atoms with Gasteiger partial charge < -0.3 is 10.1 Å². The molecule has 1 atom stereocenters. The monoisotopic (exact) mass is 356 g/mol. The second-order valence-electron chi connectivity index (χ2n) is 5.94. The first-order valence-electron chi connectivity index (χ1n) is 8.05. The number of nitro groups is 1. The number of amides is 1. The molecule has 0 aliphatic rings. The molecule has 7 heteroatoms. The lowest BCUT2D eigenvalue weighted by Gasteiger charge is -2.17. The van der Waals surface area contributed by atoms with Crippen LogP contribution < -0.4 is 5.32 Å². The zero-order valence-electron chi connectivity index (χ0n) is 14.6. The van der Waals surface area contributed by atoms with Crippen molar-refractivity contribution >= 4 is 17.6 Å². The normalized spacial score (nSPS) is 11.5. The number of carbonyl (C=O) groups excluding carboxylic acids is 2. The Balaban J connectivity index is 2.06. The van der Waals surface area contributed by atoms with Crippen LogP contribution in [0.3, 0.4) is 0 Å². The molecular formula is C19H20N2O5. The molecule has 0 aliphatic carbocycles. The van der Waals surface area contributed by atoms with E-state index in [-0.39, 0.29) is 12.1 Å². The lowest BCUT2D eigenvalue weighted by molar-refractivity contribution is -0.384. The molecule has 1 N–H and O–H groups in total. The van der Waals surface area contributed by atoms with Crippen molar-refractivity contribution in [2.45, 2.75) is 25.8 Å². The molecular weight excluding hydrogens is 336 g/mol. The zero-order valence-corrected chi connectivity index (χ0v) is 14.6. The highest BCUT2D eigenvalue weighted by molar-refractivity contribution is 5.85. The maximum Gasteiger partial charge on any atom is 0.328 e. The first kappa shape index (κ1) is 19.1. The molecule has 2 aromatic rings. The number of carbonyl (C=O) groups is 2. The lowest BCUT2D eigenvalue weighted by Crippen LogP contribution is -2.43. The van der Waals surface area contributed by atoms with Crippen molar-refractivity contribution in [2.75, 3.05) is 7.11 Å². The maximum atomic E-state index is 12.3. The molecule has 0 saturated heterocycles. The summed E-state index contributed by atoms with van der Waals surface area (Å²) >= 11 is 0. The largest absolute Gasteiger partial charge is 0.467 e. The molecule has 2 aromatic carbocycles. The van der Waals surface area contributed by atoms with Gasteiger partial charge in [0.15, 0.2) is 0 Å². The van der Waals surface area contributed by atoms with E-state index in [0.29, 0.717) is 12.0 Å². The van der Waals surface area contributed by atoms with Crippen molar-refractivity contribution < 1.29 is 19.2 Å². The summed E-state index contributed by atoms with van der Waals surface area (Å²) < 4.78 is 4.77. The second-order valence-corrected chi connectivity index (χ2v) is 5.94. The van der Waals surface area contributed by atoms with Gasteiger partial charge >= 0.3 is 5.97 Å². The predicted molar refractivity (Wildman–Crippen MR) is 95.6 cm³/mol. The minimum absolute atomic E-state index is 0.0664. The van der Waals surface area contributed by atoms with Gasteiger partial charge in [-0.1, -0.05) is 42.0 Å².